The molecule has 0 spiro atoms. The molecule has 0 fully saturated rings. The summed E-state index contributed by atoms with van der Waals surface area (Å²) in [4.78, 5) is 12.4. The van der Waals surface area contributed by atoms with Gasteiger partial charge in [-0.05, 0) is 88.5 Å². The van der Waals surface area contributed by atoms with E-state index in [-0.39, 0.29) is 5.97 Å². The topological polar surface area (TPSA) is 26.3 Å². The normalized spacial score (nSPS) is 11.2. The van der Waals surface area contributed by atoms with Crippen LogP contribution in [0, 0.1) is 5.92 Å². The maximum absolute atomic E-state index is 12.4. The molecule has 0 saturated heterocycles. The first kappa shape index (κ1) is 23.6. The van der Waals surface area contributed by atoms with Crippen molar-refractivity contribution in [3.05, 3.63) is 29.5 Å². The van der Waals surface area contributed by atoms with E-state index < -0.39 is 0 Å². The van der Waals surface area contributed by atoms with E-state index >= 15 is 0 Å². The lowest BCUT2D eigenvalue weighted by molar-refractivity contribution is 0.0491. The van der Waals surface area contributed by atoms with Crippen LogP contribution in [0.25, 0.3) is 0 Å². The molecule has 0 aliphatic carbocycles. The first-order chi connectivity index (χ1) is 11.9. The van der Waals surface area contributed by atoms with Gasteiger partial charge in [0.15, 0.2) is 0 Å². The van der Waals surface area contributed by atoms with Gasteiger partial charge in [0, 0.05) is 17.9 Å². The van der Waals surface area contributed by atoms with Gasteiger partial charge in [0.1, 0.15) is 0 Å². The number of ether oxygens (including phenoxy) is 1. The zero-order valence-corrected chi connectivity index (χ0v) is 21.2. The van der Waals surface area contributed by atoms with E-state index in [2.05, 4.69) is 77.6 Å². The summed E-state index contributed by atoms with van der Waals surface area (Å²) in [7, 11) is 0. The van der Waals surface area contributed by atoms with Gasteiger partial charge in [0.25, 0.3) is 0 Å². The van der Waals surface area contributed by atoms with Crippen molar-refractivity contribution < 1.29 is 9.53 Å². The predicted octanol–water partition coefficient (Wildman–Crippen LogP) is 8.67. The average molecular weight is 606 g/mol. The minimum atomic E-state index is -0.292. The minimum absolute atomic E-state index is 0.292. The lowest BCUT2D eigenvalue weighted by Crippen LogP contribution is -2.09. The molecule has 0 aliphatic heterocycles. The van der Waals surface area contributed by atoms with Crippen molar-refractivity contribution >= 4 is 69.7 Å². The molecule has 0 saturated carbocycles. The first-order valence-corrected chi connectivity index (χ1v) is 12.1. The van der Waals surface area contributed by atoms with E-state index in [1.807, 2.05) is 0 Å². The Labute approximate surface area is 185 Å². The molecule has 0 radical (unpaired) electrons. The van der Waals surface area contributed by atoms with Crippen LogP contribution in [0.3, 0.4) is 0 Å². The molecule has 1 aromatic rings. The van der Waals surface area contributed by atoms with Crippen molar-refractivity contribution in [2.24, 2.45) is 5.92 Å². The van der Waals surface area contributed by atoms with Gasteiger partial charge < -0.3 is 4.74 Å². The van der Waals surface area contributed by atoms with Gasteiger partial charge >= 0.3 is 5.97 Å². The van der Waals surface area contributed by atoms with E-state index in [9.17, 15) is 4.79 Å². The fourth-order valence-corrected chi connectivity index (χ4v) is 4.93. The Morgan fingerprint density at radius 2 is 1.48 bits per heavy atom. The average Bonchev–Trinajstić information content (AvgIpc) is 2.61. The van der Waals surface area contributed by atoms with E-state index in [1.165, 1.54) is 38.5 Å². The molecule has 0 unspecified atom stereocenters. The van der Waals surface area contributed by atoms with Crippen LogP contribution >= 0.6 is 63.7 Å². The summed E-state index contributed by atoms with van der Waals surface area (Å²) in [5.41, 5.74) is 0.524. The molecule has 25 heavy (non-hydrogen) atoms. The fourth-order valence-electron chi connectivity index (χ4n) is 2.75. The van der Waals surface area contributed by atoms with Crippen LogP contribution < -0.4 is 0 Å². The highest BCUT2D eigenvalue weighted by Crippen LogP contribution is 2.39. The second-order valence-corrected chi connectivity index (χ2v) is 9.51. The standard InChI is InChI=1S/C19H26Br4O2/c1-3-5-8-13(9-6-4-2)10-7-11-25-19(24)14-12-15(20)17(22)18(23)16(14)21/h12-13H,3-11H2,1-2H3. The number of hydrogen-bond donors (Lipinski definition) is 0. The highest BCUT2D eigenvalue weighted by Gasteiger charge is 2.18. The molecule has 142 valence electrons. The number of halogens is 4. The van der Waals surface area contributed by atoms with Crippen molar-refractivity contribution in [1.82, 2.24) is 0 Å². The number of unbranched alkanes of at least 4 members (excludes halogenated alkanes) is 2. The third kappa shape index (κ3) is 8.02. The summed E-state index contributed by atoms with van der Waals surface area (Å²) in [5.74, 6) is 0.473. The first-order valence-electron chi connectivity index (χ1n) is 8.92. The molecule has 0 N–H and O–H groups in total. The third-order valence-corrected chi connectivity index (χ3v) is 8.91. The Hall–Kier alpha value is 0.610. The molecule has 0 atom stereocenters. The Morgan fingerprint density at radius 1 is 0.920 bits per heavy atom. The van der Waals surface area contributed by atoms with Crippen LogP contribution in [-0.4, -0.2) is 12.6 Å². The molecule has 0 aromatic heterocycles. The third-order valence-electron chi connectivity index (χ3n) is 4.24. The largest absolute Gasteiger partial charge is 0.462 e. The fraction of sp³-hybridized carbons (Fsp3) is 0.632. The van der Waals surface area contributed by atoms with Gasteiger partial charge in [-0.1, -0.05) is 52.4 Å². The molecule has 0 heterocycles. The zero-order valence-electron chi connectivity index (χ0n) is 14.8. The molecular weight excluding hydrogens is 580 g/mol. The molecule has 0 bridgehead atoms. The number of benzene rings is 1. The molecule has 1 rings (SSSR count). The van der Waals surface area contributed by atoms with Crippen molar-refractivity contribution in [2.75, 3.05) is 6.61 Å². The van der Waals surface area contributed by atoms with Gasteiger partial charge in [-0.3, -0.25) is 0 Å². The van der Waals surface area contributed by atoms with Gasteiger partial charge in [-0.25, -0.2) is 4.79 Å². The van der Waals surface area contributed by atoms with E-state index in [1.54, 1.807) is 6.07 Å². The monoisotopic (exact) mass is 602 g/mol. The number of carbonyl (C=O) groups excluding carboxylic acids is 1. The summed E-state index contributed by atoms with van der Waals surface area (Å²) in [5, 5.41) is 0. The molecule has 1 aromatic carbocycles. The number of rotatable bonds is 11. The van der Waals surface area contributed by atoms with Gasteiger partial charge in [0.05, 0.1) is 12.2 Å². The summed E-state index contributed by atoms with van der Waals surface area (Å²) >= 11 is 13.8. The quantitative estimate of drug-likeness (QED) is 0.109. The summed E-state index contributed by atoms with van der Waals surface area (Å²) < 4.78 is 8.68. The van der Waals surface area contributed by atoms with Crippen LogP contribution in [0.5, 0.6) is 0 Å². The molecule has 0 aliphatic rings. The molecule has 0 amide bonds. The van der Waals surface area contributed by atoms with Crippen molar-refractivity contribution in [3.8, 4) is 0 Å². The predicted molar refractivity (Wildman–Crippen MR) is 119 cm³/mol. The van der Waals surface area contributed by atoms with E-state index in [4.69, 9.17) is 4.74 Å². The highest BCUT2D eigenvalue weighted by molar-refractivity contribution is 9.15. The van der Waals surface area contributed by atoms with Gasteiger partial charge in [-0.2, -0.15) is 0 Å². The van der Waals surface area contributed by atoms with E-state index in [0.29, 0.717) is 16.6 Å². The molecule has 6 heteroatoms. The minimum Gasteiger partial charge on any atom is -0.462 e. The second-order valence-electron chi connectivity index (χ2n) is 6.28. The summed E-state index contributed by atoms with van der Waals surface area (Å²) in [6, 6.07) is 1.77. The summed E-state index contributed by atoms with van der Waals surface area (Å²) in [6.07, 6.45) is 9.75. The van der Waals surface area contributed by atoms with Crippen molar-refractivity contribution in [3.63, 3.8) is 0 Å². The maximum atomic E-state index is 12.4. The van der Waals surface area contributed by atoms with Crippen LogP contribution in [0.4, 0.5) is 0 Å². The Bertz CT molecular complexity index is 553. The number of esters is 1. The van der Waals surface area contributed by atoms with Crippen LogP contribution in [0.2, 0.25) is 0 Å². The highest BCUT2D eigenvalue weighted by atomic mass is 79.9. The zero-order chi connectivity index (χ0) is 18.8. The second kappa shape index (κ2) is 12.9. The van der Waals surface area contributed by atoms with E-state index in [0.717, 1.165) is 32.2 Å². The Balaban J connectivity index is 2.51. The number of carbonyl (C=O) groups is 1. The smallest absolute Gasteiger partial charge is 0.339 e. The lowest BCUT2D eigenvalue weighted by atomic mass is 9.92. The van der Waals surface area contributed by atoms with Crippen LogP contribution in [0.1, 0.15) is 75.6 Å². The molecule has 2 nitrogen and oxygen atoms in total. The Morgan fingerprint density at radius 3 is 2.04 bits per heavy atom. The van der Waals surface area contributed by atoms with Gasteiger partial charge in [0.2, 0.25) is 0 Å². The van der Waals surface area contributed by atoms with Crippen molar-refractivity contribution in [1.29, 1.82) is 0 Å². The maximum Gasteiger partial charge on any atom is 0.339 e. The lowest BCUT2D eigenvalue weighted by Gasteiger charge is -2.16. The van der Waals surface area contributed by atoms with Crippen LogP contribution in [-0.2, 0) is 4.74 Å². The van der Waals surface area contributed by atoms with Gasteiger partial charge in [-0.15, -0.1) is 0 Å². The SMILES string of the molecule is CCCCC(CCCC)CCCOC(=O)c1cc(Br)c(Br)c(Br)c1Br. The van der Waals surface area contributed by atoms with Crippen LogP contribution in [0.15, 0.2) is 24.0 Å². The Kier molecular flexibility index (Phi) is 12.2. The van der Waals surface area contributed by atoms with Crippen molar-refractivity contribution in [2.45, 2.75) is 65.2 Å². The summed E-state index contributed by atoms with van der Waals surface area (Å²) in [6.45, 7) is 4.96. The number of hydrogen-bond acceptors (Lipinski definition) is 2. The molecular formula is C19H26Br4O2.